The van der Waals surface area contributed by atoms with E-state index in [0.717, 1.165) is 23.4 Å². The van der Waals surface area contributed by atoms with Crippen molar-refractivity contribution in [3.8, 4) is 11.6 Å². The highest BCUT2D eigenvalue weighted by Gasteiger charge is 2.28. The van der Waals surface area contributed by atoms with Crippen molar-refractivity contribution in [1.29, 1.82) is 0 Å². The van der Waals surface area contributed by atoms with Crippen LogP contribution in [0.25, 0.3) is 0 Å². The molecular weight excluding hydrogens is 316 g/mol. The lowest BCUT2D eigenvalue weighted by Gasteiger charge is -2.29. The molecule has 0 radical (unpaired) electrons. The number of carbonyl (C=O) groups excluding carboxylic acids is 1. The maximum absolute atomic E-state index is 12.7. The molecule has 0 bridgehead atoms. The second kappa shape index (κ2) is 6.67. The first-order chi connectivity index (χ1) is 11.9. The van der Waals surface area contributed by atoms with Gasteiger partial charge in [-0.05, 0) is 44.0 Å². The zero-order valence-electron chi connectivity index (χ0n) is 15.0. The van der Waals surface area contributed by atoms with Gasteiger partial charge in [0.25, 0.3) is 0 Å². The molecule has 3 rings (SSSR count). The van der Waals surface area contributed by atoms with Crippen LogP contribution >= 0.6 is 0 Å². The molecule has 25 heavy (non-hydrogen) atoms. The number of aliphatic imine (C=N–C) groups is 1. The summed E-state index contributed by atoms with van der Waals surface area (Å²) in [6, 6.07) is 9.39. The molecule has 0 saturated carbocycles. The quantitative estimate of drug-likeness (QED) is 0.783. The molecule has 1 aliphatic heterocycles. The smallest absolute Gasteiger partial charge is 0.212 e. The van der Waals surface area contributed by atoms with Crippen LogP contribution in [0.15, 0.2) is 41.5 Å². The fraction of sp³-hybridized carbons (Fsp3) is 0.350. The van der Waals surface area contributed by atoms with Gasteiger partial charge in [0.2, 0.25) is 5.88 Å². The second-order valence-electron chi connectivity index (χ2n) is 6.76. The van der Waals surface area contributed by atoms with Crippen LogP contribution in [0.4, 0.5) is 0 Å². The third-order valence-corrected chi connectivity index (χ3v) is 4.28. The topological polar surface area (TPSA) is 60.8 Å². The van der Waals surface area contributed by atoms with E-state index >= 15 is 0 Å². The highest BCUT2D eigenvalue weighted by Crippen LogP contribution is 2.31. The van der Waals surface area contributed by atoms with Crippen LogP contribution in [0.1, 0.15) is 41.8 Å². The van der Waals surface area contributed by atoms with Gasteiger partial charge in [-0.1, -0.05) is 6.07 Å². The molecule has 1 aromatic carbocycles. The van der Waals surface area contributed by atoms with E-state index in [0.29, 0.717) is 11.4 Å². The molecule has 0 N–H and O–H groups in total. The van der Waals surface area contributed by atoms with E-state index in [2.05, 4.69) is 24.9 Å². The lowest BCUT2D eigenvalue weighted by molar-refractivity contribution is 0.1000. The Morgan fingerprint density at radius 2 is 1.96 bits per heavy atom. The first kappa shape index (κ1) is 17.1. The summed E-state index contributed by atoms with van der Waals surface area (Å²) in [6.45, 7) is 4.17. The summed E-state index contributed by atoms with van der Waals surface area (Å²) in [4.78, 5) is 21.6. The number of pyridine rings is 1. The van der Waals surface area contributed by atoms with E-state index in [1.807, 2.05) is 12.1 Å². The first-order valence-electron chi connectivity index (χ1n) is 8.21. The van der Waals surface area contributed by atoms with Crippen LogP contribution < -0.4 is 9.47 Å². The average Bonchev–Trinajstić information content (AvgIpc) is 2.60. The third kappa shape index (κ3) is 3.71. The predicted molar refractivity (Wildman–Crippen MR) is 97.1 cm³/mol. The molecular formula is C20H22N2O3. The zero-order valence-corrected chi connectivity index (χ0v) is 15.0. The van der Waals surface area contributed by atoms with Crippen LogP contribution in [0.2, 0.25) is 0 Å². The number of carbonyl (C=O) groups is 1. The maximum atomic E-state index is 12.7. The fourth-order valence-electron chi connectivity index (χ4n) is 3.09. The fourth-order valence-corrected chi connectivity index (χ4v) is 3.09. The first-order valence-corrected chi connectivity index (χ1v) is 8.21. The van der Waals surface area contributed by atoms with Gasteiger partial charge in [0.15, 0.2) is 5.78 Å². The number of rotatable bonds is 5. The molecule has 5 nitrogen and oxygen atoms in total. The molecule has 2 aromatic rings. The van der Waals surface area contributed by atoms with Gasteiger partial charge in [0.05, 0.1) is 31.9 Å². The van der Waals surface area contributed by atoms with Gasteiger partial charge in [-0.25, -0.2) is 4.98 Å². The van der Waals surface area contributed by atoms with Crippen molar-refractivity contribution >= 4 is 11.5 Å². The number of aromatic nitrogens is 1. The van der Waals surface area contributed by atoms with E-state index in [9.17, 15) is 4.79 Å². The van der Waals surface area contributed by atoms with Gasteiger partial charge in [-0.3, -0.25) is 9.79 Å². The molecule has 0 amide bonds. The molecule has 0 spiro atoms. The number of nitrogens with zero attached hydrogens (tertiary/aromatic N) is 2. The second-order valence-corrected chi connectivity index (χ2v) is 6.76. The number of fused-ring (bicyclic) bond motifs is 1. The van der Waals surface area contributed by atoms with E-state index in [1.54, 1.807) is 32.5 Å². The molecule has 0 atom stereocenters. The Balaban J connectivity index is 1.91. The van der Waals surface area contributed by atoms with Crippen molar-refractivity contribution in [3.63, 3.8) is 0 Å². The molecule has 2 heterocycles. The normalized spacial score (nSPS) is 15.1. The van der Waals surface area contributed by atoms with Crippen molar-refractivity contribution in [2.24, 2.45) is 4.99 Å². The lowest BCUT2D eigenvalue weighted by Crippen LogP contribution is -2.30. The van der Waals surface area contributed by atoms with Crippen molar-refractivity contribution in [2.75, 3.05) is 14.2 Å². The summed E-state index contributed by atoms with van der Waals surface area (Å²) < 4.78 is 10.4. The highest BCUT2D eigenvalue weighted by molar-refractivity contribution is 6.16. The Labute approximate surface area is 147 Å². The standard InChI is InChI=1S/C20H22N2O3/c1-20(2)11-13-5-7-15(24-3)9-16(13)17(22-20)10-18(23)14-6-8-19(25-4)21-12-14/h5-9,12H,10-11H2,1-4H3. The molecule has 1 aliphatic rings. The van der Waals surface area contributed by atoms with Crippen LogP contribution in [0.3, 0.4) is 0 Å². The minimum Gasteiger partial charge on any atom is -0.497 e. The summed E-state index contributed by atoms with van der Waals surface area (Å²) in [5.74, 6) is 1.24. The van der Waals surface area contributed by atoms with Gasteiger partial charge in [0, 0.05) is 23.4 Å². The number of methoxy groups -OCH3 is 2. The number of Topliss-reactive ketones (excluding diaryl/α,β-unsaturated/α-hetero) is 1. The summed E-state index contributed by atoms with van der Waals surface area (Å²) in [5, 5.41) is 0. The monoisotopic (exact) mass is 338 g/mol. The van der Waals surface area contributed by atoms with Crippen molar-refractivity contribution in [1.82, 2.24) is 4.98 Å². The van der Waals surface area contributed by atoms with Crippen molar-refractivity contribution < 1.29 is 14.3 Å². The molecule has 130 valence electrons. The molecule has 0 saturated heterocycles. The Kier molecular flexibility index (Phi) is 4.57. The Morgan fingerprint density at radius 3 is 2.60 bits per heavy atom. The molecule has 0 unspecified atom stereocenters. The number of ether oxygens (including phenoxy) is 2. The minimum atomic E-state index is -0.227. The lowest BCUT2D eigenvalue weighted by atomic mass is 9.85. The Bertz CT molecular complexity index is 823. The van der Waals surface area contributed by atoms with E-state index in [-0.39, 0.29) is 17.7 Å². The SMILES string of the molecule is COc1ccc2c(c1)C(CC(=O)c1ccc(OC)nc1)=NC(C)(C)C2. The molecule has 1 aromatic heterocycles. The van der Waals surface area contributed by atoms with E-state index in [1.165, 1.54) is 5.56 Å². The van der Waals surface area contributed by atoms with E-state index in [4.69, 9.17) is 14.5 Å². The van der Waals surface area contributed by atoms with Gasteiger partial charge < -0.3 is 9.47 Å². The van der Waals surface area contributed by atoms with Crippen LogP contribution in [-0.4, -0.2) is 36.2 Å². The molecule has 0 fully saturated rings. The van der Waals surface area contributed by atoms with Crippen LogP contribution in [-0.2, 0) is 6.42 Å². The zero-order chi connectivity index (χ0) is 18.0. The minimum absolute atomic E-state index is 0.0135. The summed E-state index contributed by atoms with van der Waals surface area (Å²) in [7, 11) is 3.19. The van der Waals surface area contributed by atoms with Gasteiger partial charge >= 0.3 is 0 Å². The van der Waals surface area contributed by atoms with Gasteiger partial charge in [-0.15, -0.1) is 0 Å². The van der Waals surface area contributed by atoms with Crippen molar-refractivity contribution in [3.05, 3.63) is 53.2 Å². The maximum Gasteiger partial charge on any atom is 0.212 e. The largest absolute Gasteiger partial charge is 0.497 e. The predicted octanol–water partition coefficient (Wildman–Crippen LogP) is 3.50. The number of hydrogen-bond donors (Lipinski definition) is 0. The van der Waals surface area contributed by atoms with E-state index < -0.39 is 0 Å². The van der Waals surface area contributed by atoms with Crippen LogP contribution in [0.5, 0.6) is 11.6 Å². The molecule has 0 aliphatic carbocycles. The summed E-state index contributed by atoms with van der Waals surface area (Å²) in [5.41, 5.74) is 3.31. The Hall–Kier alpha value is -2.69. The Morgan fingerprint density at radius 1 is 1.16 bits per heavy atom. The number of benzene rings is 1. The van der Waals surface area contributed by atoms with Crippen molar-refractivity contribution in [2.45, 2.75) is 32.2 Å². The summed E-state index contributed by atoms with van der Waals surface area (Å²) in [6.07, 6.45) is 2.62. The van der Waals surface area contributed by atoms with Gasteiger partial charge in [0.1, 0.15) is 5.75 Å². The molecule has 5 heteroatoms. The summed E-state index contributed by atoms with van der Waals surface area (Å²) >= 11 is 0. The average molecular weight is 338 g/mol. The van der Waals surface area contributed by atoms with Crippen LogP contribution in [0, 0.1) is 0 Å². The van der Waals surface area contributed by atoms with Gasteiger partial charge in [-0.2, -0.15) is 0 Å². The number of hydrogen-bond acceptors (Lipinski definition) is 5. The third-order valence-electron chi connectivity index (χ3n) is 4.28. The highest BCUT2D eigenvalue weighted by atomic mass is 16.5. The number of ketones is 1.